The van der Waals surface area contributed by atoms with Crippen LogP contribution >= 0.6 is 0 Å². The SMILES string of the molecule is C=N/C(=C\C(=N/COc1ccc2[nH]c(C)cc2c1)N1CCN(C)CC1)Nc1cc(C)on1. The minimum atomic E-state index is 0.195. The molecule has 2 aromatic heterocycles. The van der Waals surface area contributed by atoms with Crippen LogP contribution in [0.3, 0.4) is 0 Å². The number of aliphatic imine (C=N–C) groups is 2. The van der Waals surface area contributed by atoms with Crippen LogP contribution in [0, 0.1) is 13.8 Å². The minimum absolute atomic E-state index is 0.195. The molecule has 2 N–H and O–H groups in total. The molecule has 1 aromatic carbocycles. The van der Waals surface area contributed by atoms with Gasteiger partial charge in [0.1, 0.15) is 23.2 Å². The van der Waals surface area contributed by atoms with Crippen molar-refractivity contribution in [2.45, 2.75) is 13.8 Å². The lowest BCUT2D eigenvalue weighted by Crippen LogP contribution is -2.47. The van der Waals surface area contributed by atoms with Crippen molar-refractivity contribution in [1.82, 2.24) is 19.9 Å². The van der Waals surface area contributed by atoms with Crippen molar-refractivity contribution >= 4 is 29.3 Å². The molecule has 1 aliphatic rings. The van der Waals surface area contributed by atoms with Gasteiger partial charge in [-0.25, -0.2) is 9.98 Å². The minimum Gasteiger partial charge on any atom is -0.471 e. The Morgan fingerprint density at radius 2 is 2.06 bits per heavy atom. The zero-order valence-electron chi connectivity index (χ0n) is 18.8. The molecule has 168 valence electrons. The maximum atomic E-state index is 5.94. The van der Waals surface area contributed by atoms with Crippen molar-refractivity contribution in [2.24, 2.45) is 9.98 Å². The van der Waals surface area contributed by atoms with Crippen LogP contribution in [-0.4, -0.2) is 72.5 Å². The molecule has 1 saturated heterocycles. The Kier molecular flexibility index (Phi) is 6.55. The Morgan fingerprint density at radius 1 is 1.25 bits per heavy atom. The first-order chi connectivity index (χ1) is 15.5. The number of ether oxygens (including phenoxy) is 1. The summed E-state index contributed by atoms with van der Waals surface area (Å²) in [6, 6.07) is 9.89. The molecule has 0 amide bonds. The predicted octanol–water partition coefficient (Wildman–Crippen LogP) is 3.41. The van der Waals surface area contributed by atoms with Gasteiger partial charge in [-0.1, -0.05) is 5.16 Å². The zero-order valence-corrected chi connectivity index (χ0v) is 18.8. The summed E-state index contributed by atoms with van der Waals surface area (Å²) in [4.78, 5) is 16.7. The highest BCUT2D eigenvalue weighted by Gasteiger charge is 2.17. The number of benzene rings is 1. The molecule has 9 nitrogen and oxygen atoms in total. The fourth-order valence-corrected chi connectivity index (χ4v) is 3.59. The molecule has 9 heteroatoms. The number of amidine groups is 1. The number of hydrogen-bond donors (Lipinski definition) is 2. The Morgan fingerprint density at radius 3 is 2.78 bits per heavy atom. The number of hydrogen-bond acceptors (Lipinski definition) is 7. The average molecular weight is 436 g/mol. The molecule has 0 bridgehead atoms. The van der Waals surface area contributed by atoms with Crippen LogP contribution in [0.1, 0.15) is 11.5 Å². The van der Waals surface area contributed by atoms with E-state index in [9.17, 15) is 0 Å². The van der Waals surface area contributed by atoms with Crippen LogP contribution in [0.15, 0.2) is 56.7 Å². The van der Waals surface area contributed by atoms with Crippen LogP contribution in [0.25, 0.3) is 10.9 Å². The first kappa shape index (κ1) is 21.6. The Labute approximate surface area is 187 Å². The summed E-state index contributed by atoms with van der Waals surface area (Å²) in [5, 5.41) is 8.20. The van der Waals surface area contributed by atoms with Crippen molar-refractivity contribution in [3.8, 4) is 5.75 Å². The second-order valence-electron chi connectivity index (χ2n) is 7.92. The maximum Gasteiger partial charge on any atom is 0.181 e. The van der Waals surface area contributed by atoms with E-state index < -0.39 is 0 Å². The molecule has 0 aliphatic carbocycles. The number of aromatic amines is 1. The molecule has 0 unspecified atom stereocenters. The van der Waals surface area contributed by atoms with Gasteiger partial charge in [0, 0.05) is 54.9 Å². The number of likely N-dealkylation sites (N-methyl/N-ethyl adjacent to an activating group) is 1. The lowest BCUT2D eigenvalue weighted by Gasteiger charge is -2.33. The largest absolute Gasteiger partial charge is 0.471 e. The Hall–Kier alpha value is -3.59. The Bertz CT molecular complexity index is 1140. The number of anilines is 1. The fourth-order valence-electron chi connectivity index (χ4n) is 3.59. The number of H-pyrrole nitrogens is 1. The first-order valence-electron chi connectivity index (χ1n) is 10.6. The van der Waals surface area contributed by atoms with Gasteiger partial charge in [-0.2, -0.15) is 0 Å². The van der Waals surface area contributed by atoms with Gasteiger partial charge in [-0.15, -0.1) is 0 Å². The smallest absolute Gasteiger partial charge is 0.181 e. The standard InChI is InChI=1S/C23H29N7O2/c1-16-11-18-13-19(5-6-20(18)26-16)31-15-25-23(30-9-7-29(4)8-10-30)14-21(24-3)27-22-12-17(2)32-28-22/h5-6,11-14,26H,3,7-10,15H2,1-2,4H3,(H,27,28)/b21-14+,25-23+. The van der Waals surface area contributed by atoms with Crippen LogP contribution in [-0.2, 0) is 0 Å². The lowest BCUT2D eigenvalue weighted by atomic mass is 10.2. The normalized spacial score (nSPS) is 15.9. The molecular formula is C23H29N7O2. The zero-order chi connectivity index (χ0) is 22.5. The molecule has 0 spiro atoms. The second kappa shape index (κ2) is 9.69. The van der Waals surface area contributed by atoms with Gasteiger partial charge in [-0.05, 0) is 51.9 Å². The first-order valence-corrected chi connectivity index (χ1v) is 10.6. The molecular weight excluding hydrogens is 406 g/mol. The average Bonchev–Trinajstić information content (AvgIpc) is 3.36. The summed E-state index contributed by atoms with van der Waals surface area (Å²) in [6.45, 7) is 11.4. The van der Waals surface area contributed by atoms with Gasteiger partial charge < -0.3 is 29.4 Å². The van der Waals surface area contributed by atoms with Gasteiger partial charge in [0.15, 0.2) is 12.5 Å². The van der Waals surface area contributed by atoms with E-state index in [1.54, 1.807) is 6.07 Å². The van der Waals surface area contributed by atoms with Gasteiger partial charge in [0.25, 0.3) is 0 Å². The number of aromatic nitrogens is 2. The molecule has 1 fully saturated rings. The van der Waals surface area contributed by atoms with E-state index in [-0.39, 0.29) is 6.73 Å². The number of aryl methyl sites for hydroxylation is 2. The molecule has 0 radical (unpaired) electrons. The van der Waals surface area contributed by atoms with Crippen LogP contribution in [0.2, 0.25) is 0 Å². The van der Waals surface area contributed by atoms with E-state index in [1.165, 1.54) is 0 Å². The summed E-state index contributed by atoms with van der Waals surface area (Å²) in [6.07, 6.45) is 1.87. The van der Waals surface area contributed by atoms with Crippen molar-refractivity contribution in [2.75, 3.05) is 45.3 Å². The van der Waals surface area contributed by atoms with E-state index in [2.05, 4.69) is 50.1 Å². The number of piperazine rings is 1. The second-order valence-corrected chi connectivity index (χ2v) is 7.92. The molecule has 3 aromatic rings. The van der Waals surface area contributed by atoms with Gasteiger partial charge >= 0.3 is 0 Å². The molecule has 1 aliphatic heterocycles. The van der Waals surface area contributed by atoms with Gasteiger partial charge in [0.2, 0.25) is 0 Å². The van der Waals surface area contributed by atoms with Crippen molar-refractivity contribution < 1.29 is 9.26 Å². The third-order valence-corrected chi connectivity index (χ3v) is 5.33. The third-order valence-electron chi connectivity index (χ3n) is 5.33. The van der Waals surface area contributed by atoms with Crippen molar-refractivity contribution in [3.63, 3.8) is 0 Å². The highest BCUT2D eigenvalue weighted by atomic mass is 16.5. The summed E-state index contributed by atoms with van der Waals surface area (Å²) >= 11 is 0. The van der Waals surface area contributed by atoms with E-state index in [0.717, 1.165) is 54.4 Å². The van der Waals surface area contributed by atoms with E-state index in [1.807, 2.05) is 38.1 Å². The fraction of sp³-hybridized carbons (Fsp3) is 0.348. The highest BCUT2D eigenvalue weighted by Crippen LogP contribution is 2.21. The highest BCUT2D eigenvalue weighted by molar-refractivity contribution is 5.94. The monoisotopic (exact) mass is 435 g/mol. The number of nitrogens with zero attached hydrogens (tertiary/aromatic N) is 5. The molecule has 32 heavy (non-hydrogen) atoms. The third kappa shape index (κ3) is 5.36. The summed E-state index contributed by atoms with van der Waals surface area (Å²) in [5.41, 5.74) is 2.21. The predicted molar refractivity (Wildman–Crippen MR) is 128 cm³/mol. The topological polar surface area (TPSA) is 94.3 Å². The van der Waals surface area contributed by atoms with Crippen LogP contribution < -0.4 is 10.1 Å². The molecule has 4 rings (SSSR count). The van der Waals surface area contributed by atoms with Crippen LogP contribution in [0.5, 0.6) is 5.75 Å². The molecule has 0 saturated carbocycles. The lowest BCUT2D eigenvalue weighted by molar-refractivity contribution is 0.214. The maximum absolute atomic E-state index is 5.94. The van der Waals surface area contributed by atoms with Crippen LogP contribution in [0.4, 0.5) is 5.82 Å². The summed E-state index contributed by atoms with van der Waals surface area (Å²) < 4.78 is 11.1. The van der Waals surface area contributed by atoms with E-state index in [0.29, 0.717) is 17.4 Å². The molecule has 3 heterocycles. The summed E-state index contributed by atoms with van der Waals surface area (Å²) in [5.74, 6) is 3.39. The summed E-state index contributed by atoms with van der Waals surface area (Å²) in [7, 11) is 2.12. The van der Waals surface area contributed by atoms with Gasteiger partial charge in [0.05, 0.1) is 0 Å². The van der Waals surface area contributed by atoms with Crippen molar-refractivity contribution in [3.05, 3.63) is 53.7 Å². The number of fused-ring (bicyclic) bond motifs is 1. The Balaban J connectivity index is 1.51. The molecule has 0 atom stereocenters. The number of nitrogens with one attached hydrogen (secondary N) is 2. The van der Waals surface area contributed by atoms with Crippen molar-refractivity contribution in [1.29, 1.82) is 0 Å². The van der Waals surface area contributed by atoms with E-state index >= 15 is 0 Å². The van der Waals surface area contributed by atoms with E-state index in [4.69, 9.17) is 14.3 Å². The quantitative estimate of drug-likeness (QED) is 0.436. The number of rotatable bonds is 7. The van der Waals surface area contributed by atoms with Gasteiger partial charge in [-0.3, -0.25) is 0 Å².